The highest BCUT2D eigenvalue weighted by molar-refractivity contribution is 7.89. The minimum Gasteiger partial charge on any atom is -0.480 e. The number of nitrogens with zero attached hydrogens (tertiary/aromatic N) is 1. The maximum absolute atomic E-state index is 12.4. The summed E-state index contributed by atoms with van der Waals surface area (Å²) >= 11 is 0. The van der Waals surface area contributed by atoms with E-state index in [1.807, 2.05) is 4.72 Å². The molecule has 29 heavy (non-hydrogen) atoms. The molecule has 1 atom stereocenters. The molecule has 0 saturated heterocycles. The van der Waals surface area contributed by atoms with Gasteiger partial charge in [0.2, 0.25) is 10.0 Å². The van der Waals surface area contributed by atoms with Crippen LogP contribution in [0.25, 0.3) is 0 Å². The lowest BCUT2D eigenvalue weighted by molar-refractivity contribution is -0.387. The predicted molar refractivity (Wildman–Crippen MR) is 103 cm³/mol. The van der Waals surface area contributed by atoms with Gasteiger partial charge in [-0.1, -0.05) is 12.1 Å². The maximum Gasteiger partial charge on any atom is 0.407 e. The molecule has 0 spiro atoms. The fraction of sp³-hybridized carbons (Fsp3) is 0.529. The third kappa shape index (κ3) is 8.44. The number of unbranched alkanes of at least 4 members (excludes halogenated alkanes) is 1. The SMILES string of the molecule is CC(C)(C)OC(=O)NCCCC[C@H](NS(=O)(=O)c1ccccc1[N+](=O)[O-])C(=O)O. The van der Waals surface area contributed by atoms with Crippen molar-refractivity contribution >= 4 is 27.8 Å². The number of nitrogens with one attached hydrogen (secondary N) is 2. The molecule has 162 valence electrons. The van der Waals surface area contributed by atoms with Gasteiger partial charge in [0.25, 0.3) is 5.69 Å². The number of rotatable bonds is 10. The van der Waals surface area contributed by atoms with Crippen LogP contribution in [0.3, 0.4) is 0 Å². The van der Waals surface area contributed by atoms with Crippen LogP contribution in [-0.4, -0.2) is 48.7 Å². The van der Waals surface area contributed by atoms with Crippen molar-refractivity contribution in [3.8, 4) is 0 Å². The Balaban J connectivity index is 2.65. The Morgan fingerprint density at radius 1 is 1.24 bits per heavy atom. The Labute approximate surface area is 168 Å². The number of nitro groups is 1. The molecule has 1 rings (SSSR count). The van der Waals surface area contributed by atoms with Crippen LogP contribution < -0.4 is 10.0 Å². The molecule has 0 aliphatic carbocycles. The van der Waals surface area contributed by atoms with Crippen molar-refractivity contribution in [1.82, 2.24) is 10.0 Å². The molecule has 11 nitrogen and oxygen atoms in total. The summed E-state index contributed by atoms with van der Waals surface area (Å²) in [5, 5.41) is 22.8. The van der Waals surface area contributed by atoms with E-state index < -0.39 is 49.2 Å². The van der Waals surface area contributed by atoms with Gasteiger partial charge in [-0.05, 0) is 46.1 Å². The fourth-order valence-electron chi connectivity index (χ4n) is 2.30. The highest BCUT2D eigenvalue weighted by Gasteiger charge is 2.30. The molecule has 1 aromatic rings. The predicted octanol–water partition coefficient (Wildman–Crippen LogP) is 2.02. The average Bonchev–Trinajstić information content (AvgIpc) is 2.58. The van der Waals surface area contributed by atoms with Crippen LogP contribution in [0.4, 0.5) is 10.5 Å². The first-order chi connectivity index (χ1) is 13.3. The highest BCUT2D eigenvalue weighted by atomic mass is 32.2. The number of ether oxygens (including phenoxy) is 1. The molecule has 0 bridgehead atoms. The first-order valence-electron chi connectivity index (χ1n) is 8.79. The fourth-order valence-corrected chi connectivity index (χ4v) is 3.69. The number of hydrogen-bond acceptors (Lipinski definition) is 7. The summed E-state index contributed by atoms with van der Waals surface area (Å²) in [6.45, 7) is 5.37. The lowest BCUT2D eigenvalue weighted by atomic mass is 10.1. The second kappa shape index (κ2) is 10.2. The molecule has 0 aliphatic heterocycles. The molecule has 0 unspecified atom stereocenters. The van der Waals surface area contributed by atoms with E-state index in [0.29, 0.717) is 6.42 Å². The van der Waals surface area contributed by atoms with E-state index in [9.17, 15) is 33.2 Å². The molecule has 1 aromatic carbocycles. The Bertz CT molecular complexity index is 848. The normalized spacial score (nSPS) is 12.8. The molecule has 0 aromatic heterocycles. The van der Waals surface area contributed by atoms with Gasteiger partial charge in [-0.3, -0.25) is 14.9 Å². The van der Waals surface area contributed by atoms with Crippen LogP contribution in [0.2, 0.25) is 0 Å². The van der Waals surface area contributed by atoms with E-state index in [0.717, 1.165) is 12.1 Å². The minimum absolute atomic E-state index is 0.0643. The molecular weight excluding hydrogens is 406 g/mol. The molecule has 3 N–H and O–H groups in total. The van der Waals surface area contributed by atoms with Gasteiger partial charge in [-0.25, -0.2) is 13.2 Å². The van der Waals surface area contributed by atoms with Crippen LogP contribution in [0.1, 0.15) is 40.0 Å². The number of carbonyl (C=O) groups excluding carboxylic acids is 1. The molecular formula is C17H25N3O8S. The lowest BCUT2D eigenvalue weighted by Gasteiger charge is -2.19. The van der Waals surface area contributed by atoms with Crippen molar-refractivity contribution in [2.24, 2.45) is 0 Å². The van der Waals surface area contributed by atoms with Crippen LogP contribution in [0.5, 0.6) is 0 Å². The number of carboxylic acid groups (broad SMARTS) is 1. The summed E-state index contributed by atoms with van der Waals surface area (Å²) in [4.78, 5) is 32.5. The minimum atomic E-state index is -4.42. The maximum atomic E-state index is 12.4. The van der Waals surface area contributed by atoms with Gasteiger partial charge in [-0.2, -0.15) is 4.72 Å². The van der Waals surface area contributed by atoms with E-state index in [2.05, 4.69) is 5.32 Å². The number of amides is 1. The topological polar surface area (TPSA) is 165 Å². The standard InChI is InChI=1S/C17H25N3O8S/c1-17(2,3)28-16(23)18-11-7-6-8-12(15(21)22)19-29(26,27)14-10-5-4-9-13(14)20(24)25/h4-5,9-10,12,19H,6-8,11H2,1-3H3,(H,18,23)(H,21,22)/t12-/m0/s1. The van der Waals surface area contributed by atoms with E-state index in [1.165, 1.54) is 12.1 Å². The lowest BCUT2D eigenvalue weighted by Crippen LogP contribution is -2.41. The van der Waals surface area contributed by atoms with Gasteiger partial charge >= 0.3 is 12.1 Å². The molecule has 0 aliphatic rings. The summed E-state index contributed by atoms with van der Waals surface area (Å²) in [5.41, 5.74) is -1.29. The quantitative estimate of drug-likeness (QED) is 0.287. The van der Waals surface area contributed by atoms with Crippen molar-refractivity contribution < 1.29 is 32.8 Å². The number of sulfonamides is 1. The summed E-state index contributed by atoms with van der Waals surface area (Å²) < 4.78 is 31.9. The van der Waals surface area contributed by atoms with Crippen molar-refractivity contribution in [2.75, 3.05) is 6.54 Å². The summed E-state index contributed by atoms with van der Waals surface area (Å²) in [6.07, 6.45) is -0.00230. The molecule has 0 saturated carbocycles. The van der Waals surface area contributed by atoms with Crippen LogP contribution >= 0.6 is 0 Å². The van der Waals surface area contributed by atoms with Crippen molar-refractivity contribution in [3.63, 3.8) is 0 Å². The van der Waals surface area contributed by atoms with E-state index in [1.54, 1.807) is 20.8 Å². The molecule has 0 heterocycles. The van der Waals surface area contributed by atoms with Crippen molar-refractivity contribution in [3.05, 3.63) is 34.4 Å². The highest BCUT2D eigenvalue weighted by Crippen LogP contribution is 2.23. The van der Waals surface area contributed by atoms with Gasteiger partial charge in [0.15, 0.2) is 4.90 Å². The molecule has 1 amide bonds. The van der Waals surface area contributed by atoms with Crippen LogP contribution in [0, 0.1) is 10.1 Å². The van der Waals surface area contributed by atoms with Gasteiger partial charge in [-0.15, -0.1) is 0 Å². The summed E-state index contributed by atoms with van der Waals surface area (Å²) in [5.74, 6) is -1.41. The zero-order chi connectivity index (χ0) is 22.2. The van der Waals surface area contributed by atoms with Gasteiger partial charge in [0.05, 0.1) is 4.92 Å². The zero-order valence-corrected chi connectivity index (χ0v) is 17.2. The van der Waals surface area contributed by atoms with Crippen molar-refractivity contribution in [2.45, 2.75) is 56.6 Å². The number of carboxylic acids is 1. The Morgan fingerprint density at radius 2 is 1.86 bits per heavy atom. The first-order valence-corrected chi connectivity index (χ1v) is 10.3. The number of aliphatic carboxylic acids is 1. The van der Waals surface area contributed by atoms with Crippen LogP contribution in [0.15, 0.2) is 29.2 Å². The number of para-hydroxylation sites is 1. The monoisotopic (exact) mass is 431 g/mol. The smallest absolute Gasteiger partial charge is 0.407 e. The number of hydrogen-bond donors (Lipinski definition) is 3. The number of nitro benzene ring substituents is 1. The summed E-state index contributed by atoms with van der Waals surface area (Å²) in [7, 11) is -4.42. The number of carbonyl (C=O) groups is 2. The van der Waals surface area contributed by atoms with Crippen molar-refractivity contribution in [1.29, 1.82) is 0 Å². The van der Waals surface area contributed by atoms with Gasteiger partial charge in [0.1, 0.15) is 11.6 Å². The average molecular weight is 431 g/mol. The number of benzene rings is 1. The van der Waals surface area contributed by atoms with E-state index in [-0.39, 0.29) is 19.4 Å². The third-order valence-corrected chi connectivity index (χ3v) is 5.05. The second-order valence-corrected chi connectivity index (χ2v) is 8.84. The third-order valence-electron chi connectivity index (χ3n) is 3.53. The largest absolute Gasteiger partial charge is 0.480 e. The van der Waals surface area contributed by atoms with E-state index >= 15 is 0 Å². The second-order valence-electron chi connectivity index (χ2n) is 7.16. The molecule has 12 heteroatoms. The Morgan fingerprint density at radius 3 is 2.41 bits per heavy atom. The van der Waals surface area contributed by atoms with Crippen LogP contribution in [-0.2, 0) is 19.6 Å². The first kappa shape index (κ1) is 24.3. The summed E-state index contributed by atoms with van der Waals surface area (Å²) in [6, 6.07) is 3.20. The molecule has 0 radical (unpaired) electrons. The number of alkyl carbamates (subject to hydrolysis) is 1. The van der Waals surface area contributed by atoms with E-state index in [4.69, 9.17) is 4.74 Å². The zero-order valence-electron chi connectivity index (χ0n) is 16.4. The van der Waals surface area contributed by atoms with Gasteiger partial charge in [0, 0.05) is 12.6 Å². The Kier molecular flexibility index (Phi) is 8.52. The molecule has 0 fully saturated rings. The Hall–Kier alpha value is -2.73. The van der Waals surface area contributed by atoms with Gasteiger partial charge < -0.3 is 15.2 Å².